The zero-order chi connectivity index (χ0) is 20.6. The van der Waals surface area contributed by atoms with Gasteiger partial charge in [-0.2, -0.15) is 5.10 Å². The van der Waals surface area contributed by atoms with Gasteiger partial charge in [0, 0.05) is 37.3 Å². The van der Waals surface area contributed by atoms with E-state index in [0.29, 0.717) is 23.8 Å². The fourth-order valence-electron chi connectivity index (χ4n) is 2.95. The number of benzene rings is 2. The van der Waals surface area contributed by atoms with E-state index in [1.165, 1.54) is 5.56 Å². The van der Waals surface area contributed by atoms with Gasteiger partial charge in [-0.1, -0.05) is 24.3 Å². The molecule has 0 bridgehead atoms. The highest BCUT2D eigenvalue weighted by molar-refractivity contribution is 7.99. The van der Waals surface area contributed by atoms with Gasteiger partial charge in [0.15, 0.2) is 11.5 Å². The predicted octanol–water partition coefficient (Wildman–Crippen LogP) is 3.78. The minimum absolute atomic E-state index is 0.0769. The molecule has 152 valence electrons. The Kier molecular flexibility index (Phi) is 7.19. The molecule has 3 rings (SSSR count). The molecule has 0 aliphatic rings. The van der Waals surface area contributed by atoms with E-state index in [4.69, 9.17) is 9.47 Å². The van der Waals surface area contributed by atoms with Gasteiger partial charge in [-0.05, 0) is 29.8 Å². The summed E-state index contributed by atoms with van der Waals surface area (Å²) in [7, 11) is 5.02. The minimum atomic E-state index is 0.0769. The number of para-hydroxylation sites is 1. The lowest BCUT2D eigenvalue weighted by Crippen LogP contribution is -2.28. The summed E-state index contributed by atoms with van der Waals surface area (Å²) in [6.07, 6.45) is 3.67. The van der Waals surface area contributed by atoms with Gasteiger partial charge < -0.3 is 14.4 Å². The van der Waals surface area contributed by atoms with Crippen LogP contribution in [-0.4, -0.2) is 47.6 Å². The summed E-state index contributed by atoms with van der Waals surface area (Å²) >= 11 is 1.60. The van der Waals surface area contributed by atoms with Crippen LogP contribution < -0.4 is 9.47 Å². The van der Waals surface area contributed by atoms with Gasteiger partial charge in [-0.25, -0.2) is 4.68 Å². The van der Waals surface area contributed by atoms with Gasteiger partial charge in [0.05, 0.1) is 25.7 Å². The maximum Gasteiger partial charge on any atom is 0.232 e. The van der Waals surface area contributed by atoms with Crippen LogP contribution in [0.15, 0.2) is 60.9 Å². The monoisotopic (exact) mass is 411 g/mol. The lowest BCUT2D eigenvalue weighted by atomic mass is 10.1. The fraction of sp³-hybridized carbons (Fsp3) is 0.273. The van der Waals surface area contributed by atoms with Crippen molar-refractivity contribution in [3.63, 3.8) is 0 Å². The Bertz CT molecular complexity index is 927. The van der Waals surface area contributed by atoms with Gasteiger partial charge in [0.25, 0.3) is 0 Å². The van der Waals surface area contributed by atoms with Crippen LogP contribution >= 0.6 is 11.8 Å². The minimum Gasteiger partial charge on any atom is -0.493 e. The highest BCUT2D eigenvalue weighted by Gasteiger charge is 2.15. The molecule has 7 heteroatoms. The standard InChI is InChI=1S/C22H25N3O3S/c1-24(14-18-6-4-7-20(27-2)22(18)28-3)21(26)16-29-15-17-8-10-19(11-9-17)25-13-5-12-23-25/h4-13H,14-16H2,1-3H3. The van der Waals surface area contributed by atoms with Crippen LogP contribution in [0.1, 0.15) is 11.1 Å². The summed E-state index contributed by atoms with van der Waals surface area (Å²) in [4.78, 5) is 14.2. The molecule has 0 aliphatic carbocycles. The number of hydrogen-bond donors (Lipinski definition) is 0. The normalized spacial score (nSPS) is 10.6. The van der Waals surface area contributed by atoms with Gasteiger partial charge in [-0.15, -0.1) is 11.8 Å². The molecular formula is C22H25N3O3S. The average Bonchev–Trinajstić information content (AvgIpc) is 3.28. The van der Waals surface area contributed by atoms with Crippen molar-refractivity contribution in [3.05, 3.63) is 72.1 Å². The summed E-state index contributed by atoms with van der Waals surface area (Å²) in [6, 6.07) is 15.8. The SMILES string of the molecule is COc1cccc(CN(C)C(=O)CSCc2ccc(-n3cccn3)cc2)c1OC. The number of rotatable bonds is 9. The predicted molar refractivity (Wildman–Crippen MR) is 116 cm³/mol. The Morgan fingerprint density at radius 2 is 1.90 bits per heavy atom. The van der Waals surface area contributed by atoms with Crippen molar-refractivity contribution in [2.24, 2.45) is 0 Å². The van der Waals surface area contributed by atoms with E-state index in [1.54, 1.807) is 44.1 Å². The van der Waals surface area contributed by atoms with Crippen molar-refractivity contribution in [1.29, 1.82) is 0 Å². The summed E-state index contributed by atoms with van der Waals surface area (Å²) in [5.41, 5.74) is 3.12. The molecule has 0 fully saturated rings. The zero-order valence-corrected chi connectivity index (χ0v) is 17.7. The summed E-state index contributed by atoms with van der Waals surface area (Å²) in [5, 5.41) is 4.22. The van der Waals surface area contributed by atoms with Crippen LogP contribution in [0, 0.1) is 0 Å². The number of amides is 1. The van der Waals surface area contributed by atoms with E-state index in [0.717, 1.165) is 17.0 Å². The van der Waals surface area contributed by atoms with E-state index in [-0.39, 0.29) is 5.91 Å². The van der Waals surface area contributed by atoms with Crippen LogP contribution in [0.4, 0.5) is 0 Å². The van der Waals surface area contributed by atoms with Gasteiger partial charge in [-0.3, -0.25) is 4.79 Å². The van der Waals surface area contributed by atoms with Crippen molar-refractivity contribution in [2.45, 2.75) is 12.3 Å². The second kappa shape index (κ2) is 10.0. The van der Waals surface area contributed by atoms with Crippen molar-refractivity contribution < 1.29 is 14.3 Å². The number of methoxy groups -OCH3 is 2. The molecule has 29 heavy (non-hydrogen) atoms. The van der Waals surface area contributed by atoms with Gasteiger partial charge in [0.1, 0.15) is 0 Å². The van der Waals surface area contributed by atoms with Crippen molar-refractivity contribution >= 4 is 17.7 Å². The number of nitrogens with zero attached hydrogens (tertiary/aromatic N) is 3. The molecule has 1 amide bonds. The van der Waals surface area contributed by atoms with Crippen LogP contribution in [0.5, 0.6) is 11.5 Å². The maximum atomic E-state index is 12.5. The van der Waals surface area contributed by atoms with E-state index in [2.05, 4.69) is 17.2 Å². The summed E-state index contributed by atoms with van der Waals surface area (Å²) in [6.45, 7) is 0.471. The summed E-state index contributed by atoms with van der Waals surface area (Å²) < 4.78 is 12.6. The lowest BCUT2D eigenvalue weighted by molar-refractivity contribution is -0.127. The topological polar surface area (TPSA) is 56.6 Å². The second-order valence-electron chi connectivity index (χ2n) is 6.51. The first-order chi connectivity index (χ1) is 14.1. The third-order valence-corrected chi connectivity index (χ3v) is 5.51. The van der Waals surface area contributed by atoms with E-state index < -0.39 is 0 Å². The number of aromatic nitrogens is 2. The summed E-state index contributed by atoms with van der Waals surface area (Å²) in [5.74, 6) is 2.61. The molecule has 1 aromatic heterocycles. The van der Waals surface area contributed by atoms with E-state index in [9.17, 15) is 4.79 Å². The fourth-order valence-corrected chi connectivity index (χ4v) is 3.88. The third-order valence-electron chi connectivity index (χ3n) is 4.52. The van der Waals surface area contributed by atoms with Crippen LogP contribution in [0.2, 0.25) is 0 Å². The molecule has 0 radical (unpaired) electrons. The van der Waals surface area contributed by atoms with Crippen molar-refractivity contribution in [1.82, 2.24) is 14.7 Å². The first-order valence-corrected chi connectivity index (χ1v) is 10.4. The molecule has 0 N–H and O–H groups in total. The van der Waals surface area contributed by atoms with Crippen molar-refractivity contribution in [3.8, 4) is 17.2 Å². The Morgan fingerprint density at radius 3 is 2.55 bits per heavy atom. The Morgan fingerprint density at radius 1 is 1.10 bits per heavy atom. The van der Waals surface area contributed by atoms with Gasteiger partial charge in [0.2, 0.25) is 5.91 Å². The molecule has 0 saturated heterocycles. The Hall–Kier alpha value is -2.93. The largest absolute Gasteiger partial charge is 0.493 e. The van der Waals surface area contributed by atoms with Gasteiger partial charge >= 0.3 is 0 Å². The molecule has 3 aromatic rings. The average molecular weight is 412 g/mol. The van der Waals surface area contributed by atoms with Crippen molar-refractivity contribution in [2.75, 3.05) is 27.0 Å². The molecule has 0 atom stereocenters. The van der Waals surface area contributed by atoms with E-state index in [1.807, 2.05) is 47.3 Å². The molecule has 0 saturated carbocycles. The number of thioether (sulfide) groups is 1. The third kappa shape index (κ3) is 5.32. The van der Waals surface area contributed by atoms with Crippen LogP contribution in [0.3, 0.4) is 0 Å². The molecule has 0 spiro atoms. The lowest BCUT2D eigenvalue weighted by Gasteiger charge is -2.20. The Labute approximate surface area is 175 Å². The molecule has 1 heterocycles. The highest BCUT2D eigenvalue weighted by atomic mass is 32.2. The number of ether oxygens (including phenoxy) is 2. The number of carbonyl (C=O) groups excluding carboxylic acids is 1. The molecule has 0 aliphatic heterocycles. The Balaban J connectivity index is 1.50. The first kappa shape index (κ1) is 20.8. The highest BCUT2D eigenvalue weighted by Crippen LogP contribution is 2.31. The van der Waals surface area contributed by atoms with Crippen LogP contribution in [0.25, 0.3) is 5.69 Å². The molecular weight excluding hydrogens is 386 g/mol. The second-order valence-corrected chi connectivity index (χ2v) is 7.50. The first-order valence-electron chi connectivity index (χ1n) is 9.23. The number of carbonyl (C=O) groups is 1. The zero-order valence-electron chi connectivity index (χ0n) is 16.9. The van der Waals surface area contributed by atoms with Crippen LogP contribution in [-0.2, 0) is 17.1 Å². The number of hydrogen-bond acceptors (Lipinski definition) is 5. The maximum absolute atomic E-state index is 12.5. The molecule has 2 aromatic carbocycles. The molecule has 6 nitrogen and oxygen atoms in total. The van der Waals surface area contributed by atoms with E-state index >= 15 is 0 Å². The molecule has 0 unspecified atom stereocenters. The smallest absolute Gasteiger partial charge is 0.232 e. The quantitative estimate of drug-likeness (QED) is 0.536.